The number of hydrogen-bond acceptors (Lipinski definition) is 6. The maximum Gasteiger partial charge on any atom is 0.315 e. The number of rotatable bonds is 1. The number of amides is 2. The van der Waals surface area contributed by atoms with Gasteiger partial charge in [0.2, 0.25) is 5.13 Å². The van der Waals surface area contributed by atoms with E-state index < -0.39 is 11.8 Å². The second-order valence-corrected chi connectivity index (χ2v) is 3.94. The van der Waals surface area contributed by atoms with E-state index in [2.05, 4.69) is 15.5 Å². The highest BCUT2D eigenvalue weighted by Gasteiger charge is 2.24. The Balaban J connectivity index is 1.91. The maximum absolute atomic E-state index is 11.6. The molecule has 0 spiro atoms. The molecule has 86 valence electrons. The number of hydrogen-bond donors (Lipinski definition) is 1. The summed E-state index contributed by atoms with van der Waals surface area (Å²) in [5, 5.41) is 9.90. The van der Waals surface area contributed by atoms with Crippen LogP contribution in [-0.2, 0) is 14.3 Å². The molecule has 2 rings (SSSR count). The van der Waals surface area contributed by atoms with Crippen LogP contribution in [-0.4, -0.2) is 53.2 Å². The van der Waals surface area contributed by atoms with E-state index in [0.29, 0.717) is 31.4 Å². The van der Waals surface area contributed by atoms with E-state index in [9.17, 15) is 9.59 Å². The summed E-state index contributed by atoms with van der Waals surface area (Å²) in [4.78, 5) is 24.6. The monoisotopic (exact) mass is 242 g/mol. The molecule has 8 heteroatoms. The summed E-state index contributed by atoms with van der Waals surface area (Å²) in [5.41, 5.74) is 1.48. The third-order valence-corrected chi connectivity index (χ3v) is 2.68. The van der Waals surface area contributed by atoms with Crippen LogP contribution in [0, 0.1) is 0 Å². The SMILES string of the molecule is O=C(Nc1nncs1)C(=O)N1CCOCC1. The lowest BCUT2D eigenvalue weighted by molar-refractivity contribution is -0.145. The second kappa shape index (κ2) is 4.99. The number of ether oxygens (including phenoxy) is 1. The van der Waals surface area contributed by atoms with Gasteiger partial charge < -0.3 is 9.64 Å². The zero-order valence-corrected chi connectivity index (χ0v) is 9.20. The lowest BCUT2D eigenvalue weighted by Gasteiger charge is -2.25. The van der Waals surface area contributed by atoms with E-state index in [1.165, 1.54) is 21.7 Å². The van der Waals surface area contributed by atoms with Gasteiger partial charge in [-0.25, -0.2) is 0 Å². The van der Waals surface area contributed by atoms with Crippen molar-refractivity contribution in [3.8, 4) is 0 Å². The number of nitrogens with zero attached hydrogens (tertiary/aromatic N) is 3. The molecule has 2 amide bonds. The van der Waals surface area contributed by atoms with Crippen LogP contribution in [0.3, 0.4) is 0 Å². The minimum Gasteiger partial charge on any atom is -0.378 e. The number of morpholine rings is 1. The van der Waals surface area contributed by atoms with Crippen molar-refractivity contribution in [2.24, 2.45) is 0 Å². The summed E-state index contributed by atoms with van der Waals surface area (Å²) in [5.74, 6) is -1.24. The Morgan fingerprint density at radius 3 is 2.81 bits per heavy atom. The number of aromatic nitrogens is 2. The van der Waals surface area contributed by atoms with Crippen LogP contribution in [0.15, 0.2) is 5.51 Å². The number of anilines is 1. The highest BCUT2D eigenvalue weighted by molar-refractivity contribution is 7.13. The number of carbonyl (C=O) groups excluding carboxylic acids is 2. The summed E-state index contributed by atoms with van der Waals surface area (Å²) in [6, 6.07) is 0. The van der Waals surface area contributed by atoms with Crippen molar-refractivity contribution < 1.29 is 14.3 Å². The Morgan fingerprint density at radius 2 is 2.19 bits per heavy atom. The van der Waals surface area contributed by atoms with Gasteiger partial charge in [0.1, 0.15) is 5.51 Å². The Labute approximate surface area is 95.4 Å². The smallest absolute Gasteiger partial charge is 0.315 e. The van der Waals surface area contributed by atoms with Crippen LogP contribution in [0.25, 0.3) is 0 Å². The van der Waals surface area contributed by atoms with Crippen LogP contribution in [0.1, 0.15) is 0 Å². The lowest BCUT2D eigenvalue weighted by Crippen LogP contribution is -2.45. The fourth-order valence-corrected chi connectivity index (χ4v) is 1.73. The third-order valence-electron chi connectivity index (χ3n) is 2.07. The third kappa shape index (κ3) is 2.52. The molecule has 1 aliphatic rings. The molecule has 1 saturated heterocycles. The van der Waals surface area contributed by atoms with E-state index in [1.54, 1.807) is 0 Å². The van der Waals surface area contributed by atoms with Gasteiger partial charge in [0, 0.05) is 13.1 Å². The van der Waals surface area contributed by atoms with Crippen molar-refractivity contribution in [1.82, 2.24) is 15.1 Å². The first-order chi connectivity index (χ1) is 7.77. The topological polar surface area (TPSA) is 84.4 Å². The van der Waals surface area contributed by atoms with Gasteiger partial charge in [0.05, 0.1) is 13.2 Å². The Kier molecular flexibility index (Phi) is 3.42. The minimum atomic E-state index is -0.682. The van der Waals surface area contributed by atoms with E-state index in [-0.39, 0.29) is 0 Å². The molecular weight excluding hydrogens is 232 g/mol. The van der Waals surface area contributed by atoms with E-state index in [4.69, 9.17) is 4.74 Å². The van der Waals surface area contributed by atoms with Gasteiger partial charge in [0.25, 0.3) is 0 Å². The molecule has 0 atom stereocenters. The van der Waals surface area contributed by atoms with Gasteiger partial charge in [0.15, 0.2) is 0 Å². The molecule has 1 aliphatic heterocycles. The van der Waals surface area contributed by atoms with Crippen LogP contribution in [0.4, 0.5) is 5.13 Å². The van der Waals surface area contributed by atoms with Gasteiger partial charge in [-0.3, -0.25) is 14.9 Å². The molecule has 7 nitrogen and oxygen atoms in total. The molecular formula is C8H10N4O3S. The van der Waals surface area contributed by atoms with Crippen LogP contribution in [0.2, 0.25) is 0 Å². The molecule has 0 unspecified atom stereocenters. The lowest BCUT2D eigenvalue weighted by atomic mass is 10.4. The van der Waals surface area contributed by atoms with Crippen LogP contribution >= 0.6 is 11.3 Å². The molecule has 1 aromatic rings. The van der Waals surface area contributed by atoms with Crippen molar-refractivity contribution in [2.45, 2.75) is 0 Å². The van der Waals surface area contributed by atoms with E-state index in [0.717, 1.165) is 0 Å². The molecule has 16 heavy (non-hydrogen) atoms. The molecule has 0 aromatic carbocycles. The zero-order chi connectivity index (χ0) is 11.4. The average molecular weight is 242 g/mol. The molecule has 1 aromatic heterocycles. The fraction of sp³-hybridized carbons (Fsp3) is 0.500. The molecule has 0 aliphatic carbocycles. The van der Waals surface area contributed by atoms with Crippen molar-refractivity contribution in [3.63, 3.8) is 0 Å². The summed E-state index contributed by atoms with van der Waals surface area (Å²) >= 11 is 1.17. The van der Waals surface area contributed by atoms with Crippen molar-refractivity contribution in [2.75, 3.05) is 31.6 Å². The number of nitrogens with one attached hydrogen (secondary N) is 1. The van der Waals surface area contributed by atoms with Gasteiger partial charge in [-0.05, 0) is 0 Å². The van der Waals surface area contributed by atoms with Crippen LogP contribution < -0.4 is 5.32 Å². The van der Waals surface area contributed by atoms with Gasteiger partial charge in [-0.2, -0.15) is 0 Å². The van der Waals surface area contributed by atoms with Crippen molar-refractivity contribution in [3.05, 3.63) is 5.51 Å². The Hall–Kier alpha value is -1.54. The van der Waals surface area contributed by atoms with Crippen molar-refractivity contribution >= 4 is 28.3 Å². The molecule has 1 fully saturated rings. The predicted molar refractivity (Wildman–Crippen MR) is 55.9 cm³/mol. The predicted octanol–water partition coefficient (Wildman–Crippen LogP) is -0.665. The molecule has 1 N–H and O–H groups in total. The standard InChI is InChI=1S/C8H10N4O3S/c13-6(10-8-11-9-5-16-8)7(14)12-1-3-15-4-2-12/h5H,1-4H2,(H,10,11,13). The average Bonchev–Trinajstić information content (AvgIpc) is 2.82. The number of carbonyl (C=O) groups is 2. The normalized spacial score (nSPS) is 15.9. The summed E-state index contributed by atoms with van der Waals surface area (Å²) in [6.07, 6.45) is 0. The molecule has 0 bridgehead atoms. The van der Waals surface area contributed by atoms with Gasteiger partial charge in [-0.15, -0.1) is 10.2 Å². The second-order valence-electron chi connectivity index (χ2n) is 3.10. The van der Waals surface area contributed by atoms with E-state index in [1.807, 2.05) is 0 Å². The quantitative estimate of drug-likeness (QED) is 0.660. The van der Waals surface area contributed by atoms with Crippen LogP contribution in [0.5, 0.6) is 0 Å². The summed E-state index contributed by atoms with van der Waals surface area (Å²) in [6.45, 7) is 1.83. The van der Waals surface area contributed by atoms with Crippen molar-refractivity contribution in [1.29, 1.82) is 0 Å². The summed E-state index contributed by atoms with van der Waals surface area (Å²) < 4.78 is 5.09. The fourth-order valence-electron chi connectivity index (χ4n) is 1.29. The minimum absolute atomic E-state index is 0.326. The maximum atomic E-state index is 11.6. The van der Waals surface area contributed by atoms with E-state index >= 15 is 0 Å². The summed E-state index contributed by atoms with van der Waals surface area (Å²) in [7, 11) is 0. The first kappa shape index (κ1) is 11.0. The molecule has 0 radical (unpaired) electrons. The largest absolute Gasteiger partial charge is 0.378 e. The highest BCUT2D eigenvalue weighted by atomic mass is 32.1. The zero-order valence-electron chi connectivity index (χ0n) is 8.38. The molecule has 2 heterocycles. The Bertz CT molecular complexity index is 375. The van der Waals surface area contributed by atoms with Gasteiger partial charge in [-0.1, -0.05) is 11.3 Å². The highest BCUT2D eigenvalue weighted by Crippen LogP contribution is 2.08. The first-order valence-corrected chi connectivity index (χ1v) is 5.59. The molecule has 0 saturated carbocycles. The van der Waals surface area contributed by atoms with Gasteiger partial charge >= 0.3 is 11.8 Å². The first-order valence-electron chi connectivity index (χ1n) is 4.71. The Morgan fingerprint density at radius 1 is 1.44 bits per heavy atom.